The molecule has 20 heavy (non-hydrogen) atoms. The second-order valence-corrected chi connectivity index (χ2v) is 5.87. The summed E-state index contributed by atoms with van der Waals surface area (Å²) in [6.45, 7) is 5.02. The van der Waals surface area contributed by atoms with Crippen molar-refractivity contribution in [3.63, 3.8) is 0 Å². The molecule has 1 heterocycles. The summed E-state index contributed by atoms with van der Waals surface area (Å²) in [6, 6.07) is 5.62. The number of aldehydes is 1. The molecule has 0 spiro atoms. The van der Waals surface area contributed by atoms with Crippen LogP contribution in [0.25, 0.3) is 11.3 Å². The maximum atomic E-state index is 11.2. The topological polar surface area (TPSA) is 44.1 Å². The summed E-state index contributed by atoms with van der Waals surface area (Å²) >= 11 is 3.50. The molecule has 0 bridgehead atoms. The first kappa shape index (κ1) is 14.8. The number of hydrogen-bond donors (Lipinski definition) is 0. The van der Waals surface area contributed by atoms with Gasteiger partial charge in [0.1, 0.15) is 11.4 Å². The van der Waals surface area contributed by atoms with Crippen molar-refractivity contribution in [1.29, 1.82) is 0 Å². The molecule has 1 aromatic heterocycles. The highest BCUT2D eigenvalue weighted by atomic mass is 79.9. The maximum absolute atomic E-state index is 11.2. The summed E-state index contributed by atoms with van der Waals surface area (Å²) in [7, 11) is 1.62. The molecule has 1 aromatic carbocycles. The van der Waals surface area contributed by atoms with Gasteiger partial charge in [0.05, 0.1) is 12.7 Å². The van der Waals surface area contributed by atoms with E-state index in [1.54, 1.807) is 13.3 Å². The summed E-state index contributed by atoms with van der Waals surface area (Å²) in [5.74, 6) is 1.23. The van der Waals surface area contributed by atoms with Crippen LogP contribution in [0.1, 0.15) is 24.2 Å². The van der Waals surface area contributed by atoms with E-state index in [0.717, 1.165) is 28.6 Å². The molecule has 0 aliphatic heterocycles. The van der Waals surface area contributed by atoms with Gasteiger partial charge in [0.25, 0.3) is 0 Å². The number of hydrogen-bond acceptors (Lipinski definition) is 3. The third-order valence-corrected chi connectivity index (χ3v) is 3.56. The molecule has 0 amide bonds. The van der Waals surface area contributed by atoms with Gasteiger partial charge in [-0.05, 0) is 40.0 Å². The highest BCUT2D eigenvalue weighted by Crippen LogP contribution is 2.32. The second kappa shape index (κ2) is 6.22. The van der Waals surface area contributed by atoms with Crippen molar-refractivity contribution in [3.05, 3.63) is 34.4 Å². The van der Waals surface area contributed by atoms with Crippen LogP contribution >= 0.6 is 15.9 Å². The number of benzene rings is 1. The van der Waals surface area contributed by atoms with Gasteiger partial charge in [-0.15, -0.1) is 0 Å². The second-order valence-electron chi connectivity index (χ2n) is 5.01. The number of rotatable bonds is 5. The van der Waals surface area contributed by atoms with Crippen LogP contribution in [0.15, 0.2) is 28.9 Å². The van der Waals surface area contributed by atoms with Crippen molar-refractivity contribution in [1.82, 2.24) is 9.78 Å². The van der Waals surface area contributed by atoms with Crippen molar-refractivity contribution >= 4 is 22.2 Å². The zero-order valence-electron chi connectivity index (χ0n) is 11.8. The summed E-state index contributed by atoms with van der Waals surface area (Å²) in [5.41, 5.74) is 2.17. The van der Waals surface area contributed by atoms with Crippen LogP contribution in [-0.4, -0.2) is 23.2 Å². The van der Waals surface area contributed by atoms with Gasteiger partial charge in [-0.2, -0.15) is 5.10 Å². The lowest BCUT2D eigenvalue weighted by Gasteiger charge is -2.06. The Morgan fingerprint density at radius 1 is 1.45 bits per heavy atom. The SMILES string of the molecule is COc1ccc(-c2nn(CC(C)C)cc2C=O)c(Br)c1. The number of carbonyl (C=O) groups excluding carboxylic acids is 1. The smallest absolute Gasteiger partial charge is 0.153 e. The molecule has 2 aromatic rings. The van der Waals surface area contributed by atoms with E-state index in [0.29, 0.717) is 17.2 Å². The quantitative estimate of drug-likeness (QED) is 0.780. The minimum atomic E-state index is 0.474. The van der Waals surface area contributed by atoms with E-state index in [9.17, 15) is 4.79 Å². The fourth-order valence-corrected chi connectivity index (χ4v) is 2.56. The minimum Gasteiger partial charge on any atom is -0.497 e. The monoisotopic (exact) mass is 336 g/mol. The first-order chi connectivity index (χ1) is 9.55. The number of methoxy groups -OCH3 is 1. The Morgan fingerprint density at radius 3 is 2.75 bits per heavy atom. The highest BCUT2D eigenvalue weighted by Gasteiger charge is 2.14. The zero-order valence-corrected chi connectivity index (χ0v) is 13.3. The predicted octanol–water partition coefficient (Wildman–Crippen LogP) is 3.79. The molecule has 0 aliphatic carbocycles. The van der Waals surface area contributed by atoms with E-state index in [1.807, 2.05) is 22.9 Å². The van der Waals surface area contributed by atoms with Crippen molar-refractivity contribution in [2.75, 3.05) is 7.11 Å². The van der Waals surface area contributed by atoms with E-state index < -0.39 is 0 Å². The molecule has 2 rings (SSSR count). The fourth-order valence-electron chi connectivity index (χ4n) is 2.01. The largest absolute Gasteiger partial charge is 0.497 e. The number of aromatic nitrogens is 2. The van der Waals surface area contributed by atoms with Crippen LogP contribution in [0.5, 0.6) is 5.75 Å². The molecule has 0 radical (unpaired) electrons. The van der Waals surface area contributed by atoms with Crippen LogP contribution in [0, 0.1) is 5.92 Å². The average molecular weight is 337 g/mol. The number of carbonyl (C=O) groups is 1. The van der Waals surface area contributed by atoms with E-state index >= 15 is 0 Å². The zero-order chi connectivity index (χ0) is 14.7. The van der Waals surface area contributed by atoms with Gasteiger partial charge in [0.2, 0.25) is 0 Å². The minimum absolute atomic E-state index is 0.474. The van der Waals surface area contributed by atoms with E-state index in [2.05, 4.69) is 34.9 Å². The van der Waals surface area contributed by atoms with Crippen LogP contribution in [0.2, 0.25) is 0 Å². The predicted molar refractivity (Wildman–Crippen MR) is 82.1 cm³/mol. The molecule has 0 aliphatic rings. The molecule has 0 unspecified atom stereocenters. The van der Waals surface area contributed by atoms with Crippen molar-refractivity contribution < 1.29 is 9.53 Å². The first-order valence-corrected chi connectivity index (χ1v) is 7.21. The lowest BCUT2D eigenvalue weighted by Crippen LogP contribution is -2.04. The fraction of sp³-hybridized carbons (Fsp3) is 0.333. The van der Waals surface area contributed by atoms with Gasteiger partial charge in [-0.1, -0.05) is 13.8 Å². The van der Waals surface area contributed by atoms with Gasteiger partial charge in [-0.3, -0.25) is 9.48 Å². The van der Waals surface area contributed by atoms with Gasteiger partial charge in [0, 0.05) is 22.8 Å². The van der Waals surface area contributed by atoms with E-state index in [-0.39, 0.29) is 0 Å². The van der Waals surface area contributed by atoms with Gasteiger partial charge in [-0.25, -0.2) is 0 Å². The molecule has 0 saturated heterocycles. The lowest BCUT2D eigenvalue weighted by atomic mass is 10.1. The molecule has 106 valence electrons. The summed E-state index contributed by atoms with van der Waals surface area (Å²) in [5, 5.41) is 4.52. The number of halogens is 1. The van der Waals surface area contributed by atoms with Crippen LogP contribution in [0.3, 0.4) is 0 Å². The summed E-state index contributed by atoms with van der Waals surface area (Å²) < 4.78 is 7.85. The third kappa shape index (κ3) is 3.10. The maximum Gasteiger partial charge on any atom is 0.153 e. The normalized spacial score (nSPS) is 10.8. The molecule has 0 atom stereocenters. The molecular weight excluding hydrogens is 320 g/mol. The Kier molecular flexibility index (Phi) is 4.60. The van der Waals surface area contributed by atoms with Crippen molar-refractivity contribution in [2.45, 2.75) is 20.4 Å². The van der Waals surface area contributed by atoms with Gasteiger partial charge < -0.3 is 4.74 Å². The molecule has 0 saturated carbocycles. The van der Waals surface area contributed by atoms with Gasteiger partial charge in [0.15, 0.2) is 6.29 Å². The Bertz CT molecular complexity index is 620. The molecule has 0 fully saturated rings. The molecule has 0 N–H and O–H groups in total. The molecule has 5 heteroatoms. The Morgan fingerprint density at radius 2 is 2.20 bits per heavy atom. The lowest BCUT2D eigenvalue weighted by molar-refractivity contribution is 0.112. The summed E-state index contributed by atoms with van der Waals surface area (Å²) in [4.78, 5) is 11.2. The van der Waals surface area contributed by atoms with Crippen LogP contribution in [-0.2, 0) is 6.54 Å². The number of nitrogens with zero attached hydrogens (tertiary/aromatic N) is 2. The Balaban J connectivity index is 2.46. The van der Waals surface area contributed by atoms with Crippen molar-refractivity contribution in [3.8, 4) is 17.0 Å². The van der Waals surface area contributed by atoms with Crippen molar-refractivity contribution in [2.24, 2.45) is 5.92 Å². The van der Waals surface area contributed by atoms with Crippen LogP contribution < -0.4 is 4.74 Å². The average Bonchev–Trinajstić information content (AvgIpc) is 2.80. The molecule has 4 nitrogen and oxygen atoms in total. The number of ether oxygens (including phenoxy) is 1. The van der Waals surface area contributed by atoms with E-state index in [4.69, 9.17) is 4.74 Å². The Hall–Kier alpha value is -1.62. The highest BCUT2D eigenvalue weighted by molar-refractivity contribution is 9.10. The van der Waals surface area contributed by atoms with Crippen LogP contribution in [0.4, 0.5) is 0 Å². The third-order valence-electron chi connectivity index (χ3n) is 2.90. The Labute approximate surface area is 126 Å². The van der Waals surface area contributed by atoms with Gasteiger partial charge >= 0.3 is 0 Å². The first-order valence-electron chi connectivity index (χ1n) is 6.41. The standard InChI is InChI=1S/C15H17BrN2O2/c1-10(2)7-18-8-11(9-19)15(17-18)13-5-4-12(20-3)6-14(13)16/h4-6,8-10H,7H2,1-3H3. The summed E-state index contributed by atoms with van der Waals surface area (Å²) in [6.07, 6.45) is 2.63. The molecular formula is C15H17BrN2O2. The van der Waals surface area contributed by atoms with E-state index in [1.165, 1.54) is 0 Å².